The standard InChI is InChI=1S/C20H23F3N4OS/c1-19(2,29-17-6-4-3-5-16(17)20(21,22)23)14-8-11-27(12-9-14)18(28)26-15-7-10-24-25-13-15/h3-7,10,13-14H,8-9,11-12H2,1-2H3,(H,24,26,28). The molecule has 5 nitrogen and oxygen atoms in total. The third kappa shape index (κ3) is 5.41. The van der Waals surface area contributed by atoms with Gasteiger partial charge in [0.2, 0.25) is 0 Å². The maximum absolute atomic E-state index is 13.3. The van der Waals surface area contributed by atoms with E-state index in [0.29, 0.717) is 18.8 Å². The Balaban J connectivity index is 1.61. The van der Waals surface area contributed by atoms with Crippen LogP contribution in [0.2, 0.25) is 0 Å². The number of hydrogen-bond donors (Lipinski definition) is 1. The van der Waals surface area contributed by atoms with Crippen LogP contribution >= 0.6 is 11.8 Å². The van der Waals surface area contributed by atoms with Crippen molar-refractivity contribution in [1.82, 2.24) is 15.1 Å². The number of nitrogens with zero attached hydrogens (tertiary/aromatic N) is 3. The number of anilines is 1. The number of halogens is 3. The van der Waals surface area contributed by atoms with Gasteiger partial charge in [0.05, 0.1) is 23.6 Å². The smallest absolute Gasteiger partial charge is 0.325 e. The maximum Gasteiger partial charge on any atom is 0.417 e. The molecule has 0 atom stereocenters. The third-order valence-electron chi connectivity index (χ3n) is 5.17. The highest BCUT2D eigenvalue weighted by Gasteiger charge is 2.38. The van der Waals surface area contributed by atoms with Gasteiger partial charge in [0.25, 0.3) is 0 Å². The van der Waals surface area contributed by atoms with Crippen molar-refractivity contribution in [2.24, 2.45) is 5.92 Å². The van der Waals surface area contributed by atoms with E-state index in [2.05, 4.69) is 15.5 Å². The van der Waals surface area contributed by atoms with Gasteiger partial charge in [-0.05, 0) is 37.0 Å². The highest BCUT2D eigenvalue weighted by atomic mass is 32.2. The monoisotopic (exact) mass is 424 g/mol. The summed E-state index contributed by atoms with van der Waals surface area (Å²) in [5, 5.41) is 10.2. The average Bonchev–Trinajstić information content (AvgIpc) is 2.68. The number of carbonyl (C=O) groups is 1. The fourth-order valence-electron chi connectivity index (χ4n) is 3.50. The summed E-state index contributed by atoms with van der Waals surface area (Å²) in [6.07, 6.45) is 0.0677. The molecule has 0 saturated carbocycles. The first-order valence-corrected chi connectivity index (χ1v) is 10.2. The van der Waals surface area contributed by atoms with Gasteiger partial charge in [-0.15, -0.1) is 11.8 Å². The van der Waals surface area contributed by atoms with Crippen LogP contribution in [0.15, 0.2) is 47.6 Å². The van der Waals surface area contributed by atoms with Crippen LogP contribution in [0.1, 0.15) is 32.3 Å². The minimum atomic E-state index is -4.37. The van der Waals surface area contributed by atoms with E-state index in [4.69, 9.17) is 0 Å². The maximum atomic E-state index is 13.3. The molecular formula is C20H23F3N4OS. The summed E-state index contributed by atoms with van der Waals surface area (Å²) in [6, 6.07) is 7.16. The molecule has 2 aromatic rings. The van der Waals surface area contributed by atoms with Crippen LogP contribution in [0.25, 0.3) is 0 Å². The van der Waals surface area contributed by atoms with E-state index in [9.17, 15) is 18.0 Å². The molecule has 1 saturated heterocycles. The van der Waals surface area contributed by atoms with Gasteiger partial charge in [0.15, 0.2) is 0 Å². The normalized spacial score (nSPS) is 16.0. The molecule has 1 N–H and O–H groups in total. The van der Waals surface area contributed by atoms with Crippen LogP contribution in [0.3, 0.4) is 0 Å². The number of amides is 2. The minimum Gasteiger partial charge on any atom is -0.325 e. The van der Waals surface area contributed by atoms with Crippen LogP contribution in [-0.4, -0.2) is 39.0 Å². The van der Waals surface area contributed by atoms with E-state index in [1.54, 1.807) is 17.0 Å². The van der Waals surface area contributed by atoms with Crippen molar-refractivity contribution in [1.29, 1.82) is 0 Å². The van der Waals surface area contributed by atoms with Gasteiger partial charge in [-0.3, -0.25) is 0 Å². The number of benzene rings is 1. The number of urea groups is 1. The number of alkyl halides is 3. The fourth-order valence-corrected chi connectivity index (χ4v) is 4.91. The summed E-state index contributed by atoms with van der Waals surface area (Å²) in [6.45, 7) is 5.07. The summed E-state index contributed by atoms with van der Waals surface area (Å²) in [5.74, 6) is 0.195. The first-order valence-electron chi connectivity index (χ1n) is 9.34. The topological polar surface area (TPSA) is 58.1 Å². The molecule has 0 aliphatic carbocycles. The molecular weight excluding hydrogens is 401 g/mol. The van der Waals surface area contributed by atoms with Crippen molar-refractivity contribution in [3.63, 3.8) is 0 Å². The zero-order chi connectivity index (χ0) is 21.1. The highest BCUT2D eigenvalue weighted by molar-refractivity contribution is 8.00. The van der Waals surface area contributed by atoms with Crippen LogP contribution in [0.5, 0.6) is 0 Å². The lowest BCUT2D eigenvalue weighted by Gasteiger charge is -2.40. The van der Waals surface area contributed by atoms with Crippen molar-refractivity contribution in [2.45, 2.75) is 42.5 Å². The second-order valence-electron chi connectivity index (χ2n) is 7.52. The number of piperidine rings is 1. The SMILES string of the molecule is CC(C)(Sc1ccccc1C(F)(F)F)C1CCN(C(=O)Nc2ccnnc2)CC1. The molecule has 1 aliphatic heterocycles. The second-order valence-corrected chi connectivity index (χ2v) is 9.22. The summed E-state index contributed by atoms with van der Waals surface area (Å²) in [5.41, 5.74) is -0.0207. The van der Waals surface area contributed by atoms with Crippen molar-refractivity contribution in [2.75, 3.05) is 18.4 Å². The molecule has 0 unspecified atom stereocenters. The van der Waals surface area contributed by atoms with Gasteiger partial charge in [-0.1, -0.05) is 26.0 Å². The van der Waals surface area contributed by atoms with E-state index < -0.39 is 11.7 Å². The van der Waals surface area contributed by atoms with Crippen molar-refractivity contribution in [3.05, 3.63) is 48.3 Å². The molecule has 2 amide bonds. The van der Waals surface area contributed by atoms with Gasteiger partial charge in [-0.25, -0.2) is 4.79 Å². The first-order chi connectivity index (χ1) is 13.7. The van der Waals surface area contributed by atoms with E-state index in [0.717, 1.165) is 18.9 Å². The summed E-state index contributed by atoms with van der Waals surface area (Å²) in [7, 11) is 0. The zero-order valence-electron chi connectivity index (χ0n) is 16.2. The van der Waals surface area contributed by atoms with Crippen molar-refractivity contribution < 1.29 is 18.0 Å². The average molecular weight is 424 g/mol. The van der Waals surface area contributed by atoms with E-state index >= 15 is 0 Å². The Labute approximate surface area is 172 Å². The Hall–Kier alpha value is -2.29. The summed E-state index contributed by atoms with van der Waals surface area (Å²) in [4.78, 5) is 14.4. The van der Waals surface area contributed by atoms with Crippen LogP contribution in [0, 0.1) is 5.92 Å². The Morgan fingerprint density at radius 2 is 1.83 bits per heavy atom. The number of thioether (sulfide) groups is 1. The van der Waals surface area contributed by atoms with Crippen LogP contribution in [0.4, 0.5) is 23.7 Å². The van der Waals surface area contributed by atoms with Gasteiger partial charge in [-0.2, -0.15) is 23.4 Å². The van der Waals surface area contributed by atoms with Gasteiger partial charge in [0, 0.05) is 22.7 Å². The molecule has 9 heteroatoms. The Morgan fingerprint density at radius 1 is 1.14 bits per heavy atom. The minimum absolute atomic E-state index is 0.195. The predicted molar refractivity (Wildman–Crippen MR) is 107 cm³/mol. The number of hydrogen-bond acceptors (Lipinski definition) is 4. The molecule has 156 valence electrons. The van der Waals surface area contributed by atoms with Crippen molar-refractivity contribution >= 4 is 23.5 Å². The first kappa shape index (κ1) is 21.4. The number of aromatic nitrogens is 2. The van der Waals surface area contributed by atoms with Crippen LogP contribution < -0.4 is 5.32 Å². The van der Waals surface area contributed by atoms with Crippen molar-refractivity contribution in [3.8, 4) is 0 Å². The summed E-state index contributed by atoms with van der Waals surface area (Å²) >= 11 is 1.26. The molecule has 2 heterocycles. The Kier molecular flexibility index (Phi) is 6.36. The molecule has 29 heavy (non-hydrogen) atoms. The number of nitrogens with one attached hydrogen (secondary N) is 1. The summed E-state index contributed by atoms with van der Waals surface area (Å²) < 4.78 is 39.5. The van der Waals surface area contributed by atoms with Gasteiger partial charge < -0.3 is 10.2 Å². The second kappa shape index (κ2) is 8.61. The number of rotatable bonds is 4. The van der Waals surface area contributed by atoms with E-state index in [1.807, 2.05) is 13.8 Å². The van der Waals surface area contributed by atoms with E-state index in [1.165, 1.54) is 36.3 Å². The lowest BCUT2D eigenvalue weighted by atomic mass is 9.86. The predicted octanol–water partition coefficient (Wildman–Crippen LogP) is 5.31. The molecule has 1 aromatic carbocycles. The molecule has 1 fully saturated rings. The molecule has 1 aromatic heterocycles. The Morgan fingerprint density at radius 3 is 2.45 bits per heavy atom. The molecule has 1 aliphatic rings. The lowest BCUT2D eigenvalue weighted by Crippen LogP contribution is -2.44. The zero-order valence-corrected chi connectivity index (χ0v) is 17.1. The largest absolute Gasteiger partial charge is 0.417 e. The molecule has 3 rings (SSSR count). The van der Waals surface area contributed by atoms with Gasteiger partial charge in [0.1, 0.15) is 0 Å². The van der Waals surface area contributed by atoms with E-state index in [-0.39, 0.29) is 21.6 Å². The fraction of sp³-hybridized carbons (Fsp3) is 0.450. The molecule has 0 radical (unpaired) electrons. The quantitative estimate of drug-likeness (QED) is 0.676. The Bertz CT molecular complexity index is 837. The van der Waals surface area contributed by atoms with Crippen LogP contribution in [-0.2, 0) is 6.18 Å². The molecule has 0 spiro atoms. The number of likely N-dealkylation sites (tertiary alicyclic amines) is 1. The molecule has 0 bridgehead atoms. The number of carbonyl (C=O) groups excluding carboxylic acids is 1. The highest BCUT2D eigenvalue weighted by Crippen LogP contribution is 2.46. The lowest BCUT2D eigenvalue weighted by molar-refractivity contribution is -0.139. The third-order valence-corrected chi connectivity index (χ3v) is 6.60. The van der Waals surface area contributed by atoms with Gasteiger partial charge >= 0.3 is 12.2 Å².